The standard InChI is InChI=1S/C32H30N2O6S.C2H4O2/c1-5-38-21-11-12-22-25(17-21)41-31(33-22)34-27(18-6-9-20(10-7-18)32(2,3)4)26(29(36)30(34)37)28(35)19-8-13-23-24(16-19)40-15-14-39-23;1-2(3)4/h6-13,16-17,27,35H,5,14-15H2,1-4H3;1H3,(H,3,4)/b28-26+;. The summed E-state index contributed by atoms with van der Waals surface area (Å²) in [5.74, 6) is -0.923. The summed E-state index contributed by atoms with van der Waals surface area (Å²) >= 11 is 1.30. The normalized spacial score (nSPS) is 17.2. The van der Waals surface area contributed by atoms with Crippen LogP contribution in [0.1, 0.15) is 57.4 Å². The van der Waals surface area contributed by atoms with Gasteiger partial charge >= 0.3 is 5.91 Å². The third-order valence-electron chi connectivity index (χ3n) is 7.22. The molecule has 45 heavy (non-hydrogen) atoms. The molecule has 10 nitrogen and oxygen atoms in total. The Kier molecular flexibility index (Phi) is 8.83. The van der Waals surface area contributed by atoms with E-state index in [1.165, 1.54) is 16.2 Å². The summed E-state index contributed by atoms with van der Waals surface area (Å²) in [6.45, 7) is 10.7. The largest absolute Gasteiger partial charge is 0.507 e. The molecule has 2 aliphatic heterocycles. The van der Waals surface area contributed by atoms with Gasteiger partial charge in [-0.05, 0) is 59.9 Å². The van der Waals surface area contributed by atoms with Gasteiger partial charge in [-0.1, -0.05) is 56.4 Å². The molecule has 0 bridgehead atoms. The molecule has 1 saturated heterocycles. The number of aromatic nitrogens is 1. The maximum absolute atomic E-state index is 13.7. The molecule has 234 valence electrons. The van der Waals surface area contributed by atoms with Crippen LogP contribution in [0.3, 0.4) is 0 Å². The van der Waals surface area contributed by atoms with E-state index in [1.54, 1.807) is 18.2 Å². The van der Waals surface area contributed by atoms with E-state index in [0.717, 1.165) is 17.2 Å². The van der Waals surface area contributed by atoms with E-state index in [1.807, 2.05) is 49.4 Å². The third kappa shape index (κ3) is 6.48. The molecule has 4 aromatic rings. The van der Waals surface area contributed by atoms with Crippen molar-refractivity contribution in [2.24, 2.45) is 0 Å². The fourth-order valence-electron chi connectivity index (χ4n) is 5.11. The molecule has 0 spiro atoms. The highest BCUT2D eigenvalue weighted by molar-refractivity contribution is 7.22. The Morgan fingerprint density at radius 2 is 1.67 bits per heavy atom. The number of carbonyl (C=O) groups excluding carboxylic acids is 2. The second-order valence-corrected chi connectivity index (χ2v) is 12.5. The van der Waals surface area contributed by atoms with E-state index in [2.05, 4.69) is 20.8 Å². The lowest BCUT2D eigenvalue weighted by atomic mass is 9.85. The molecule has 1 aromatic heterocycles. The van der Waals surface area contributed by atoms with Crippen molar-refractivity contribution in [1.82, 2.24) is 4.98 Å². The third-order valence-corrected chi connectivity index (χ3v) is 8.24. The molecular formula is C34H34N2O8S. The van der Waals surface area contributed by atoms with Crippen molar-refractivity contribution in [1.29, 1.82) is 0 Å². The topological polar surface area (TPSA) is 135 Å². The number of hydrogen-bond acceptors (Lipinski definition) is 9. The van der Waals surface area contributed by atoms with Crippen molar-refractivity contribution in [2.45, 2.75) is 46.1 Å². The number of nitrogens with zero attached hydrogens (tertiary/aromatic N) is 2. The second-order valence-electron chi connectivity index (χ2n) is 11.5. The van der Waals surface area contributed by atoms with Gasteiger partial charge in [-0.3, -0.25) is 19.3 Å². The number of Topliss-reactive ketones (excluding diaryl/α,β-unsaturated/α-hetero) is 1. The van der Waals surface area contributed by atoms with Gasteiger partial charge < -0.3 is 24.4 Å². The molecule has 6 rings (SSSR count). The highest BCUT2D eigenvalue weighted by Gasteiger charge is 2.48. The fraction of sp³-hybridized carbons (Fsp3) is 0.294. The molecule has 1 fully saturated rings. The quantitative estimate of drug-likeness (QED) is 0.144. The number of amides is 1. The lowest BCUT2D eigenvalue weighted by Crippen LogP contribution is -2.29. The number of aliphatic hydroxyl groups is 1. The highest BCUT2D eigenvalue weighted by atomic mass is 32.1. The molecule has 2 aliphatic rings. The molecule has 2 N–H and O–H groups in total. The zero-order chi connectivity index (χ0) is 32.5. The number of carboxylic acids is 1. The van der Waals surface area contributed by atoms with E-state index >= 15 is 0 Å². The van der Waals surface area contributed by atoms with Gasteiger partial charge in [0.15, 0.2) is 16.6 Å². The van der Waals surface area contributed by atoms with Crippen molar-refractivity contribution in [3.8, 4) is 17.2 Å². The van der Waals surface area contributed by atoms with Gasteiger partial charge in [0.25, 0.3) is 11.8 Å². The first-order chi connectivity index (χ1) is 21.4. The number of ether oxygens (including phenoxy) is 3. The van der Waals surface area contributed by atoms with Crippen LogP contribution in [0, 0.1) is 0 Å². The SMILES string of the molecule is CC(=O)O.CCOc1ccc2nc(N3C(=O)C(=O)/C(=C(/O)c4ccc5c(c4)OCCO5)C3c3ccc(C(C)(C)C)cc3)sc2c1. The number of rotatable bonds is 5. The van der Waals surface area contributed by atoms with Crippen LogP contribution in [-0.4, -0.2) is 52.7 Å². The van der Waals surface area contributed by atoms with E-state index in [9.17, 15) is 14.7 Å². The maximum atomic E-state index is 13.7. The molecule has 0 aliphatic carbocycles. The van der Waals surface area contributed by atoms with Crippen LogP contribution < -0.4 is 19.1 Å². The monoisotopic (exact) mass is 630 g/mol. The summed E-state index contributed by atoms with van der Waals surface area (Å²) in [5.41, 5.74) is 2.73. The Balaban J connectivity index is 0.000000945. The number of benzene rings is 3. The molecule has 0 saturated carbocycles. The van der Waals surface area contributed by atoms with Crippen molar-refractivity contribution in [3.05, 3.63) is 82.9 Å². The average molecular weight is 631 g/mol. The summed E-state index contributed by atoms with van der Waals surface area (Å²) < 4.78 is 17.8. The van der Waals surface area contributed by atoms with Crippen LogP contribution in [0.25, 0.3) is 16.0 Å². The van der Waals surface area contributed by atoms with E-state index in [0.29, 0.717) is 58.8 Å². The average Bonchev–Trinajstić information content (AvgIpc) is 3.53. The molecule has 0 radical (unpaired) electrons. The highest BCUT2D eigenvalue weighted by Crippen LogP contribution is 2.45. The molecular weight excluding hydrogens is 596 g/mol. The molecule has 3 aromatic carbocycles. The zero-order valence-electron chi connectivity index (χ0n) is 25.6. The van der Waals surface area contributed by atoms with E-state index in [4.69, 9.17) is 29.1 Å². The van der Waals surface area contributed by atoms with Gasteiger partial charge in [0.05, 0.1) is 28.4 Å². The number of carboxylic acid groups (broad SMARTS) is 1. The summed E-state index contributed by atoms with van der Waals surface area (Å²) in [5, 5.41) is 19.4. The van der Waals surface area contributed by atoms with Crippen LogP contribution in [0.2, 0.25) is 0 Å². The smallest absolute Gasteiger partial charge is 0.301 e. The predicted molar refractivity (Wildman–Crippen MR) is 171 cm³/mol. The molecule has 3 heterocycles. The Morgan fingerprint density at radius 3 is 2.31 bits per heavy atom. The maximum Gasteiger partial charge on any atom is 0.301 e. The lowest BCUT2D eigenvalue weighted by molar-refractivity contribution is -0.134. The van der Waals surface area contributed by atoms with Crippen molar-refractivity contribution in [3.63, 3.8) is 0 Å². The second kappa shape index (κ2) is 12.6. The molecule has 1 amide bonds. The van der Waals surface area contributed by atoms with Crippen molar-refractivity contribution in [2.75, 3.05) is 24.7 Å². The number of ketones is 1. The number of aliphatic hydroxyl groups excluding tert-OH is 1. The Hall–Kier alpha value is -4.90. The first-order valence-electron chi connectivity index (χ1n) is 14.4. The summed E-state index contributed by atoms with van der Waals surface area (Å²) in [4.78, 5) is 42.4. The minimum atomic E-state index is -0.885. The van der Waals surface area contributed by atoms with Crippen molar-refractivity contribution >= 4 is 50.1 Å². The summed E-state index contributed by atoms with van der Waals surface area (Å²) in [7, 11) is 0. The number of fused-ring (bicyclic) bond motifs is 2. The van der Waals surface area contributed by atoms with Crippen LogP contribution in [-0.2, 0) is 19.8 Å². The van der Waals surface area contributed by atoms with E-state index in [-0.39, 0.29) is 16.7 Å². The minimum Gasteiger partial charge on any atom is -0.507 e. The predicted octanol–water partition coefficient (Wildman–Crippen LogP) is 6.48. The number of carbonyl (C=O) groups is 3. The first-order valence-corrected chi connectivity index (χ1v) is 15.2. The number of thiazole rings is 1. The molecule has 1 atom stereocenters. The zero-order valence-corrected chi connectivity index (χ0v) is 26.4. The van der Waals surface area contributed by atoms with E-state index < -0.39 is 23.7 Å². The van der Waals surface area contributed by atoms with Crippen LogP contribution >= 0.6 is 11.3 Å². The number of hydrogen-bond donors (Lipinski definition) is 2. The Bertz CT molecular complexity index is 1800. The van der Waals surface area contributed by atoms with Gasteiger partial charge in [-0.2, -0.15) is 0 Å². The van der Waals surface area contributed by atoms with Gasteiger partial charge in [0, 0.05) is 12.5 Å². The fourth-order valence-corrected chi connectivity index (χ4v) is 6.13. The van der Waals surface area contributed by atoms with Gasteiger partial charge in [0.1, 0.15) is 24.7 Å². The van der Waals surface area contributed by atoms with Gasteiger partial charge in [-0.15, -0.1) is 0 Å². The lowest BCUT2D eigenvalue weighted by Gasteiger charge is -2.25. The van der Waals surface area contributed by atoms with Crippen molar-refractivity contribution < 1.29 is 38.8 Å². The van der Waals surface area contributed by atoms with Crippen LogP contribution in [0.5, 0.6) is 17.2 Å². The molecule has 11 heteroatoms. The Morgan fingerprint density at radius 1 is 1.00 bits per heavy atom. The number of anilines is 1. The Labute approximate surface area is 264 Å². The first kappa shape index (κ1) is 31.5. The summed E-state index contributed by atoms with van der Waals surface area (Å²) in [6.07, 6.45) is 0. The minimum absolute atomic E-state index is 0.00977. The van der Waals surface area contributed by atoms with Gasteiger partial charge in [-0.25, -0.2) is 4.98 Å². The van der Waals surface area contributed by atoms with Gasteiger partial charge in [0.2, 0.25) is 0 Å². The van der Waals surface area contributed by atoms with Crippen LogP contribution in [0.15, 0.2) is 66.2 Å². The van der Waals surface area contributed by atoms with Crippen LogP contribution in [0.4, 0.5) is 5.13 Å². The summed E-state index contributed by atoms with van der Waals surface area (Å²) in [6, 6.07) is 17.4. The molecule has 1 unspecified atom stereocenters. The number of aliphatic carboxylic acids is 1.